The molecule has 1 rings (SSSR count). The van der Waals surface area contributed by atoms with Crippen molar-refractivity contribution in [1.29, 1.82) is 0 Å². The molecule has 0 aromatic carbocycles. The molecule has 1 amide bonds. The van der Waals surface area contributed by atoms with Gasteiger partial charge in [-0.25, -0.2) is 0 Å². The molecule has 1 aliphatic heterocycles. The Balaban J connectivity index is 0.00000256. The monoisotopic (exact) mass is 260 g/mol. The number of piperidine rings is 1. The topological polar surface area (TPSA) is 41.1 Å². The van der Waals surface area contributed by atoms with Crippen LogP contribution in [0.25, 0.3) is 0 Å². The first-order valence-electron chi connectivity index (χ1n) is 6.39. The molecule has 0 aromatic rings. The number of hydrogen-bond acceptors (Lipinski definition) is 2. The fraction of sp³-hybridized carbons (Fsp3) is 0.769. The van der Waals surface area contributed by atoms with E-state index >= 15 is 0 Å². The number of nitrogens with one attached hydrogen (secondary N) is 2. The zero-order chi connectivity index (χ0) is 11.8. The van der Waals surface area contributed by atoms with Crippen molar-refractivity contribution in [2.45, 2.75) is 39.5 Å². The lowest BCUT2D eigenvalue weighted by Crippen LogP contribution is -2.33. The van der Waals surface area contributed by atoms with Crippen molar-refractivity contribution in [1.82, 2.24) is 10.6 Å². The van der Waals surface area contributed by atoms with E-state index in [1.165, 1.54) is 12.8 Å². The number of amides is 1. The molecule has 1 saturated heterocycles. The minimum Gasteiger partial charge on any atom is -0.352 e. The number of hydrogen-bond donors (Lipinski definition) is 2. The van der Waals surface area contributed by atoms with Gasteiger partial charge in [-0.15, -0.1) is 12.4 Å². The van der Waals surface area contributed by atoms with Gasteiger partial charge in [0, 0.05) is 12.1 Å². The van der Waals surface area contributed by atoms with Gasteiger partial charge in [0.05, 0.1) is 0 Å². The Bertz CT molecular complexity index is 248. The molecule has 0 aromatic heterocycles. The van der Waals surface area contributed by atoms with Gasteiger partial charge in [0.15, 0.2) is 0 Å². The van der Waals surface area contributed by atoms with Crippen LogP contribution < -0.4 is 10.6 Å². The summed E-state index contributed by atoms with van der Waals surface area (Å²) in [6.45, 7) is 6.99. The average Bonchev–Trinajstić information content (AvgIpc) is 2.30. The molecular formula is C13H25ClN2O. The molecule has 0 radical (unpaired) electrons. The smallest absolute Gasteiger partial charge is 0.246 e. The van der Waals surface area contributed by atoms with Crippen molar-refractivity contribution in [3.05, 3.63) is 11.6 Å². The van der Waals surface area contributed by atoms with E-state index in [0.29, 0.717) is 0 Å². The van der Waals surface area contributed by atoms with E-state index in [-0.39, 0.29) is 18.3 Å². The Kier molecular flexibility index (Phi) is 9.18. The molecule has 100 valence electrons. The van der Waals surface area contributed by atoms with Crippen molar-refractivity contribution in [3.8, 4) is 0 Å². The molecule has 0 bridgehead atoms. The third-order valence-electron chi connectivity index (χ3n) is 3.11. The van der Waals surface area contributed by atoms with Crippen LogP contribution in [0.1, 0.15) is 39.5 Å². The third kappa shape index (κ3) is 6.69. The molecule has 0 spiro atoms. The lowest BCUT2D eigenvalue weighted by molar-refractivity contribution is -0.117. The summed E-state index contributed by atoms with van der Waals surface area (Å²) in [5, 5.41) is 6.37. The van der Waals surface area contributed by atoms with E-state index in [2.05, 4.69) is 10.6 Å². The molecule has 0 aliphatic carbocycles. The van der Waals surface area contributed by atoms with E-state index in [9.17, 15) is 4.79 Å². The van der Waals surface area contributed by atoms with E-state index in [0.717, 1.165) is 44.0 Å². The van der Waals surface area contributed by atoms with Crippen molar-refractivity contribution in [3.63, 3.8) is 0 Å². The first-order chi connectivity index (χ1) is 7.74. The standard InChI is InChI=1S/C13H24N2O.ClH/c1-3-5-11(2)13(16)15-9-7-12-6-4-8-14-10-12;/h5,12,14H,3-4,6-10H2,1-2H3,(H,15,16);1H/b11-5-;. The summed E-state index contributed by atoms with van der Waals surface area (Å²) in [6.07, 6.45) is 6.56. The lowest BCUT2D eigenvalue weighted by Gasteiger charge is -2.22. The van der Waals surface area contributed by atoms with Gasteiger partial charge in [0.25, 0.3) is 0 Å². The number of carbonyl (C=O) groups is 1. The molecule has 2 N–H and O–H groups in total. The maximum atomic E-state index is 11.6. The van der Waals surface area contributed by atoms with Crippen LogP contribution in [0, 0.1) is 5.92 Å². The second-order valence-corrected chi connectivity index (χ2v) is 4.55. The van der Waals surface area contributed by atoms with Crippen molar-refractivity contribution in [2.75, 3.05) is 19.6 Å². The van der Waals surface area contributed by atoms with Crippen molar-refractivity contribution in [2.24, 2.45) is 5.92 Å². The Morgan fingerprint density at radius 2 is 2.29 bits per heavy atom. The summed E-state index contributed by atoms with van der Waals surface area (Å²) in [4.78, 5) is 11.6. The van der Waals surface area contributed by atoms with E-state index in [4.69, 9.17) is 0 Å². The zero-order valence-electron chi connectivity index (χ0n) is 10.9. The minimum atomic E-state index is 0. The van der Waals surface area contributed by atoms with Gasteiger partial charge < -0.3 is 10.6 Å². The van der Waals surface area contributed by atoms with Gasteiger partial charge in [0.1, 0.15) is 0 Å². The number of carbonyl (C=O) groups excluding carboxylic acids is 1. The largest absolute Gasteiger partial charge is 0.352 e. The van der Waals surface area contributed by atoms with Crippen LogP contribution >= 0.6 is 12.4 Å². The molecular weight excluding hydrogens is 236 g/mol. The third-order valence-corrected chi connectivity index (χ3v) is 3.11. The average molecular weight is 261 g/mol. The van der Waals surface area contributed by atoms with E-state index < -0.39 is 0 Å². The maximum Gasteiger partial charge on any atom is 0.246 e. The summed E-state index contributed by atoms with van der Waals surface area (Å²) in [5.74, 6) is 0.829. The van der Waals surface area contributed by atoms with E-state index in [1.54, 1.807) is 0 Å². The minimum absolute atomic E-state index is 0. The van der Waals surface area contributed by atoms with Crippen LogP contribution in [0.2, 0.25) is 0 Å². The van der Waals surface area contributed by atoms with Crippen LogP contribution in [0.15, 0.2) is 11.6 Å². The van der Waals surface area contributed by atoms with Crippen LogP contribution in [-0.2, 0) is 4.79 Å². The fourth-order valence-electron chi connectivity index (χ4n) is 2.10. The summed E-state index contributed by atoms with van der Waals surface area (Å²) in [7, 11) is 0. The van der Waals surface area contributed by atoms with Crippen LogP contribution in [-0.4, -0.2) is 25.5 Å². The quantitative estimate of drug-likeness (QED) is 0.745. The van der Waals surface area contributed by atoms with Gasteiger partial charge in [-0.1, -0.05) is 13.0 Å². The summed E-state index contributed by atoms with van der Waals surface area (Å²) < 4.78 is 0. The molecule has 0 saturated carbocycles. The molecule has 1 atom stereocenters. The van der Waals surface area contributed by atoms with Crippen molar-refractivity contribution >= 4 is 18.3 Å². The van der Waals surface area contributed by atoms with Crippen LogP contribution in [0.3, 0.4) is 0 Å². The van der Waals surface area contributed by atoms with Crippen LogP contribution in [0.4, 0.5) is 0 Å². The first kappa shape index (κ1) is 16.5. The Labute approximate surface area is 111 Å². The predicted molar refractivity (Wildman–Crippen MR) is 74.5 cm³/mol. The van der Waals surface area contributed by atoms with Crippen LogP contribution in [0.5, 0.6) is 0 Å². The van der Waals surface area contributed by atoms with Gasteiger partial charge in [-0.05, 0) is 51.6 Å². The Morgan fingerprint density at radius 1 is 1.53 bits per heavy atom. The maximum absolute atomic E-state index is 11.6. The number of rotatable bonds is 5. The van der Waals surface area contributed by atoms with Gasteiger partial charge in [0.2, 0.25) is 5.91 Å². The highest BCUT2D eigenvalue weighted by atomic mass is 35.5. The van der Waals surface area contributed by atoms with Crippen molar-refractivity contribution < 1.29 is 4.79 Å². The first-order valence-corrected chi connectivity index (χ1v) is 6.39. The molecule has 1 fully saturated rings. The summed E-state index contributed by atoms with van der Waals surface area (Å²) >= 11 is 0. The molecule has 1 unspecified atom stereocenters. The second kappa shape index (κ2) is 9.49. The summed E-state index contributed by atoms with van der Waals surface area (Å²) in [5.41, 5.74) is 0.837. The molecule has 1 aliphatic rings. The van der Waals surface area contributed by atoms with Gasteiger partial charge in [-0.2, -0.15) is 0 Å². The number of allylic oxidation sites excluding steroid dienone is 1. The summed E-state index contributed by atoms with van der Waals surface area (Å²) in [6, 6.07) is 0. The fourth-order valence-corrected chi connectivity index (χ4v) is 2.10. The molecule has 17 heavy (non-hydrogen) atoms. The predicted octanol–water partition coefficient (Wildman–Crippen LogP) is 2.27. The molecule has 4 heteroatoms. The molecule has 3 nitrogen and oxygen atoms in total. The highest BCUT2D eigenvalue weighted by Gasteiger charge is 2.12. The SMILES string of the molecule is CC/C=C(/C)C(=O)NCCC1CCCNC1.Cl. The number of halogens is 1. The normalized spacial score (nSPS) is 20.6. The highest BCUT2D eigenvalue weighted by molar-refractivity contribution is 5.92. The van der Waals surface area contributed by atoms with E-state index in [1.807, 2.05) is 19.9 Å². The highest BCUT2D eigenvalue weighted by Crippen LogP contribution is 2.12. The molecule has 1 heterocycles. The lowest BCUT2D eigenvalue weighted by atomic mass is 9.96. The second-order valence-electron chi connectivity index (χ2n) is 4.55. The Hall–Kier alpha value is -0.540. The zero-order valence-corrected chi connectivity index (χ0v) is 11.7. The van der Waals surface area contributed by atoms with Gasteiger partial charge in [-0.3, -0.25) is 4.79 Å². The Morgan fingerprint density at radius 3 is 2.88 bits per heavy atom. The van der Waals surface area contributed by atoms with Gasteiger partial charge >= 0.3 is 0 Å².